The first kappa shape index (κ1) is 32.0. The zero-order chi connectivity index (χ0) is 29.8. The SMILES string of the molecule is C[C@@H](C(=O)NC(C)(C)C)N(Cc1ccc(Cl)cc1Cl)C(=O)CN(c1cc(Cl)cc(Cl)c1)S(=O)(=O)c1ccccc1. The Labute approximate surface area is 255 Å². The lowest BCUT2D eigenvalue weighted by molar-refractivity contribution is -0.140. The summed E-state index contributed by atoms with van der Waals surface area (Å²) in [7, 11) is -4.25. The predicted molar refractivity (Wildman–Crippen MR) is 162 cm³/mol. The molecule has 0 aromatic heterocycles. The number of hydrogen-bond donors (Lipinski definition) is 1. The number of carbonyl (C=O) groups is 2. The minimum absolute atomic E-state index is 0.0373. The molecule has 7 nitrogen and oxygen atoms in total. The van der Waals surface area contributed by atoms with Gasteiger partial charge in [0, 0.05) is 32.2 Å². The number of halogens is 4. The van der Waals surface area contributed by atoms with E-state index in [-0.39, 0.29) is 27.2 Å². The van der Waals surface area contributed by atoms with Crippen LogP contribution in [0.5, 0.6) is 0 Å². The van der Waals surface area contributed by atoms with Crippen LogP contribution in [0.4, 0.5) is 5.69 Å². The Kier molecular flexibility index (Phi) is 10.4. The maximum atomic E-state index is 14.0. The van der Waals surface area contributed by atoms with Crippen molar-refractivity contribution in [3.63, 3.8) is 0 Å². The van der Waals surface area contributed by atoms with Gasteiger partial charge in [0.1, 0.15) is 12.6 Å². The summed E-state index contributed by atoms with van der Waals surface area (Å²) in [5, 5.41) is 3.94. The predicted octanol–water partition coefficient (Wildman–Crippen LogP) is 6.83. The van der Waals surface area contributed by atoms with Crippen molar-refractivity contribution in [1.82, 2.24) is 10.2 Å². The van der Waals surface area contributed by atoms with Gasteiger partial charge in [0.05, 0.1) is 10.6 Å². The van der Waals surface area contributed by atoms with Crippen molar-refractivity contribution in [1.29, 1.82) is 0 Å². The number of hydrogen-bond acceptors (Lipinski definition) is 4. The normalized spacial score (nSPS) is 12.5. The van der Waals surface area contributed by atoms with Gasteiger partial charge in [0.25, 0.3) is 10.0 Å². The van der Waals surface area contributed by atoms with Crippen LogP contribution < -0.4 is 9.62 Å². The standard InChI is InChI=1S/C28H29Cl4N3O4S/c1-18(27(37)33-28(2,3)4)34(16-19-10-11-20(29)15-25(19)32)26(36)17-35(23-13-21(30)12-22(31)14-23)40(38,39)24-8-6-5-7-9-24/h5-15,18H,16-17H2,1-4H3,(H,33,37)/t18-/m0/s1. The third kappa shape index (κ3) is 8.27. The molecule has 0 saturated carbocycles. The molecule has 0 saturated heterocycles. The first-order chi connectivity index (χ1) is 18.6. The Morgan fingerprint density at radius 3 is 2.02 bits per heavy atom. The number of nitrogens with zero attached hydrogens (tertiary/aromatic N) is 2. The lowest BCUT2D eigenvalue weighted by Crippen LogP contribution is -2.54. The van der Waals surface area contributed by atoms with E-state index in [1.165, 1.54) is 41.3 Å². The summed E-state index contributed by atoms with van der Waals surface area (Å²) < 4.78 is 28.5. The quantitative estimate of drug-likeness (QED) is 0.277. The van der Waals surface area contributed by atoms with Crippen LogP contribution in [0, 0.1) is 0 Å². The molecule has 0 fully saturated rings. The third-order valence-electron chi connectivity index (χ3n) is 5.77. The molecular formula is C28H29Cl4N3O4S. The van der Waals surface area contributed by atoms with Gasteiger partial charge in [-0.05, 0) is 75.7 Å². The average molecular weight is 645 g/mol. The molecule has 3 aromatic carbocycles. The second kappa shape index (κ2) is 13.0. The fourth-order valence-corrected chi connectivity index (χ4v) is 6.22. The zero-order valence-corrected chi connectivity index (χ0v) is 26.1. The Balaban J connectivity index is 2.08. The third-order valence-corrected chi connectivity index (χ3v) is 8.58. The minimum atomic E-state index is -4.25. The summed E-state index contributed by atoms with van der Waals surface area (Å²) in [5.74, 6) is -1.08. The van der Waals surface area contributed by atoms with Crippen LogP contribution in [0.15, 0.2) is 71.6 Å². The van der Waals surface area contributed by atoms with E-state index in [2.05, 4.69) is 5.32 Å². The van der Waals surface area contributed by atoms with Crippen molar-refractivity contribution < 1.29 is 18.0 Å². The molecule has 3 aromatic rings. The van der Waals surface area contributed by atoms with Crippen LogP contribution in [0.2, 0.25) is 20.1 Å². The molecule has 214 valence electrons. The lowest BCUT2D eigenvalue weighted by atomic mass is 10.1. The maximum Gasteiger partial charge on any atom is 0.264 e. The Bertz CT molecular complexity index is 1470. The van der Waals surface area contributed by atoms with Crippen molar-refractivity contribution in [3.8, 4) is 0 Å². The highest BCUT2D eigenvalue weighted by Gasteiger charge is 2.33. The van der Waals surface area contributed by atoms with E-state index in [1.807, 2.05) is 20.8 Å². The highest BCUT2D eigenvalue weighted by Crippen LogP contribution is 2.30. The number of nitrogens with one attached hydrogen (secondary N) is 1. The Hall–Kier alpha value is -2.49. The van der Waals surface area contributed by atoms with Gasteiger partial charge < -0.3 is 10.2 Å². The van der Waals surface area contributed by atoms with E-state index in [9.17, 15) is 18.0 Å². The van der Waals surface area contributed by atoms with Crippen molar-refractivity contribution in [2.45, 2.75) is 50.7 Å². The fraction of sp³-hybridized carbons (Fsp3) is 0.286. The van der Waals surface area contributed by atoms with Gasteiger partial charge in [0.2, 0.25) is 11.8 Å². The molecule has 0 radical (unpaired) electrons. The summed E-state index contributed by atoms with van der Waals surface area (Å²) >= 11 is 24.8. The molecule has 1 N–H and O–H groups in total. The van der Waals surface area contributed by atoms with Gasteiger partial charge >= 0.3 is 0 Å². The van der Waals surface area contributed by atoms with Crippen LogP contribution in [-0.4, -0.2) is 43.3 Å². The molecule has 0 aliphatic rings. The molecule has 0 bridgehead atoms. The van der Waals surface area contributed by atoms with Gasteiger partial charge in [-0.25, -0.2) is 8.42 Å². The minimum Gasteiger partial charge on any atom is -0.350 e. The molecule has 40 heavy (non-hydrogen) atoms. The fourth-order valence-electron chi connectivity index (χ4n) is 3.82. The van der Waals surface area contributed by atoms with E-state index in [0.29, 0.717) is 15.6 Å². The van der Waals surface area contributed by atoms with E-state index in [4.69, 9.17) is 46.4 Å². The molecule has 2 amide bonds. The number of amides is 2. The number of carbonyl (C=O) groups excluding carboxylic acids is 2. The van der Waals surface area contributed by atoms with Crippen molar-refractivity contribution >= 4 is 73.9 Å². The Morgan fingerprint density at radius 1 is 0.875 bits per heavy atom. The molecule has 1 atom stereocenters. The number of rotatable bonds is 9. The summed E-state index contributed by atoms with van der Waals surface area (Å²) in [5.41, 5.74) is 0.0436. The molecule has 0 heterocycles. The van der Waals surface area contributed by atoms with Crippen molar-refractivity contribution in [2.75, 3.05) is 10.8 Å². The number of benzene rings is 3. The highest BCUT2D eigenvalue weighted by atomic mass is 35.5. The van der Waals surface area contributed by atoms with E-state index in [0.717, 1.165) is 4.31 Å². The topological polar surface area (TPSA) is 86.8 Å². The van der Waals surface area contributed by atoms with Crippen LogP contribution in [0.3, 0.4) is 0 Å². The highest BCUT2D eigenvalue weighted by molar-refractivity contribution is 7.92. The Morgan fingerprint density at radius 2 is 1.48 bits per heavy atom. The summed E-state index contributed by atoms with van der Waals surface area (Å²) in [6.07, 6.45) is 0. The molecule has 0 aliphatic heterocycles. The van der Waals surface area contributed by atoms with Crippen LogP contribution >= 0.6 is 46.4 Å². The lowest BCUT2D eigenvalue weighted by Gasteiger charge is -2.33. The second-order valence-corrected chi connectivity index (χ2v) is 13.7. The first-order valence-corrected chi connectivity index (χ1v) is 15.1. The van der Waals surface area contributed by atoms with Gasteiger partial charge in [-0.3, -0.25) is 13.9 Å². The molecule has 0 aliphatic carbocycles. The average Bonchev–Trinajstić information content (AvgIpc) is 2.85. The molecule has 3 rings (SSSR count). The van der Waals surface area contributed by atoms with Crippen LogP contribution in [0.1, 0.15) is 33.3 Å². The smallest absolute Gasteiger partial charge is 0.264 e. The zero-order valence-electron chi connectivity index (χ0n) is 22.3. The van der Waals surface area contributed by atoms with E-state index in [1.54, 1.807) is 37.3 Å². The molecule has 0 spiro atoms. The molecular weight excluding hydrogens is 616 g/mol. The van der Waals surface area contributed by atoms with Crippen LogP contribution in [0.25, 0.3) is 0 Å². The van der Waals surface area contributed by atoms with Crippen LogP contribution in [-0.2, 0) is 26.2 Å². The summed E-state index contributed by atoms with van der Waals surface area (Å²) in [6.45, 7) is 6.29. The summed E-state index contributed by atoms with van der Waals surface area (Å²) in [6, 6.07) is 15.7. The van der Waals surface area contributed by atoms with Gasteiger partial charge in [-0.15, -0.1) is 0 Å². The van der Waals surface area contributed by atoms with Gasteiger partial charge in [0.15, 0.2) is 0 Å². The van der Waals surface area contributed by atoms with Crippen molar-refractivity contribution in [2.24, 2.45) is 0 Å². The van der Waals surface area contributed by atoms with Gasteiger partial charge in [-0.2, -0.15) is 0 Å². The molecule has 0 unspecified atom stereocenters. The summed E-state index contributed by atoms with van der Waals surface area (Å²) in [4.78, 5) is 28.4. The van der Waals surface area contributed by atoms with E-state index >= 15 is 0 Å². The van der Waals surface area contributed by atoms with Gasteiger partial charge in [-0.1, -0.05) is 70.7 Å². The second-order valence-electron chi connectivity index (χ2n) is 10.1. The number of anilines is 1. The monoisotopic (exact) mass is 643 g/mol. The van der Waals surface area contributed by atoms with Crippen molar-refractivity contribution in [3.05, 3.63) is 92.4 Å². The van der Waals surface area contributed by atoms with E-state index < -0.39 is 40.0 Å². The maximum absolute atomic E-state index is 14.0. The first-order valence-electron chi connectivity index (χ1n) is 12.2. The largest absolute Gasteiger partial charge is 0.350 e. The molecule has 12 heteroatoms. The number of sulfonamides is 1.